The van der Waals surface area contributed by atoms with Gasteiger partial charge in [0.25, 0.3) is 0 Å². The summed E-state index contributed by atoms with van der Waals surface area (Å²) in [5.74, 6) is -0.924. The normalized spacial score (nSPS) is 14.6. The number of nitrogens with zero attached hydrogens (tertiary/aromatic N) is 1. The number of hydrogen-bond donors (Lipinski definition) is 0. The number of benzene rings is 3. The third-order valence-corrected chi connectivity index (χ3v) is 7.09. The van der Waals surface area contributed by atoms with Crippen LogP contribution in [-0.2, 0) is 9.84 Å². The van der Waals surface area contributed by atoms with Crippen molar-refractivity contribution in [3.05, 3.63) is 93.2 Å². The van der Waals surface area contributed by atoms with Gasteiger partial charge in [0, 0.05) is 22.5 Å². The fourth-order valence-electron chi connectivity index (χ4n) is 3.22. The summed E-state index contributed by atoms with van der Waals surface area (Å²) in [6.07, 6.45) is 1.17. The quantitative estimate of drug-likeness (QED) is 0.351. The predicted octanol–water partition coefficient (Wildman–Crippen LogP) is 5.79. The average Bonchev–Trinajstić information content (AvgIpc) is 2.73. The molecule has 1 aliphatic rings. The molecule has 0 saturated heterocycles. The largest absolute Gasteiger partial charge is 0.495 e. The van der Waals surface area contributed by atoms with Crippen LogP contribution in [0.3, 0.4) is 0 Å². The van der Waals surface area contributed by atoms with Crippen LogP contribution in [0.5, 0.6) is 5.75 Å². The van der Waals surface area contributed by atoms with E-state index in [1.807, 2.05) is 0 Å². The summed E-state index contributed by atoms with van der Waals surface area (Å²) < 4.78 is 45.6. The van der Waals surface area contributed by atoms with Crippen LogP contribution in [0, 0.1) is 5.82 Å². The van der Waals surface area contributed by atoms with Crippen LogP contribution in [-0.4, -0.2) is 21.3 Å². The molecule has 4 rings (SSSR count). The molecule has 0 amide bonds. The number of carbonyl (C=O) groups is 1. The minimum atomic E-state index is -4.21. The van der Waals surface area contributed by atoms with Gasteiger partial charge >= 0.3 is 0 Å². The van der Waals surface area contributed by atoms with Crippen molar-refractivity contribution in [2.24, 2.45) is 0 Å². The van der Waals surface area contributed by atoms with E-state index in [-0.39, 0.29) is 21.2 Å². The number of hydrogen-bond acceptors (Lipinski definition) is 5. The first-order chi connectivity index (χ1) is 14.7. The minimum absolute atomic E-state index is 0.0638. The number of allylic oxidation sites excluding steroid dienone is 1. The van der Waals surface area contributed by atoms with E-state index in [9.17, 15) is 17.6 Å². The molecule has 3 aromatic rings. The molecule has 3 aromatic carbocycles. The molecule has 1 heterocycles. The van der Waals surface area contributed by atoms with E-state index >= 15 is 0 Å². The van der Waals surface area contributed by atoms with E-state index < -0.39 is 26.3 Å². The van der Waals surface area contributed by atoms with Crippen molar-refractivity contribution in [3.63, 3.8) is 0 Å². The van der Waals surface area contributed by atoms with Crippen molar-refractivity contribution in [3.8, 4) is 5.75 Å². The van der Waals surface area contributed by atoms with E-state index in [2.05, 4.69) is 0 Å². The lowest BCUT2D eigenvalue weighted by molar-refractivity contribution is 0.104. The van der Waals surface area contributed by atoms with Gasteiger partial charge in [0.1, 0.15) is 16.5 Å². The summed E-state index contributed by atoms with van der Waals surface area (Å²) >= 11 is 12.1. The summed E-state index contributed by atoms with van der Waals surface area (Å²) in [5.41, 5.74) is 0.639. The second-order valence-electron chi connectivity index (χ2n) is 6.63. The van der Waals surface area contributed by atoms with Gasteiger partial charge in [0.2, 0.25) is 15.6 Å². The number of fused-ring (bicyclic) bond motifs is 1. The van der Waals surface area contributed by atoms with Gasteiger partial charge in [0.15, 0.2) is 0 Å². The topological polar surface area (TPSA) is 63.7 Å². The molecule has 31 heavy (non-hydrogen) atoms. The lowest BCUT2D eigenvalue weighted by Crippen LogP contribution is -2.26. The first kappa shape index (κ1) is 21.4. The Bertz CT molecular complexity index is 1340. The molecule has 0 atom stereocenters. The third kappa shape index (κ3) is 3.80. The van der Waals surface area contributed by atoms with Gasteiger partial charge in [-0.3, -0.25) is 4.79 Å². The Hall–Kier alpha value is -2.87. The fraction of sp³-hybridized carbons (Fsp3) is 0.0455. The standard InChI is InChI=1S/C22H14Cl2FNO4S/c1-30-19-8-7-16(11-17(19)24)26-12-21(22(27)13-2-4-14(23)5-3-13)31(28,29)20-9-6-15(25)10-18(20)26/h2-12H,1H3. The van der Waals surface area contributed by atoms with Gasteiger partial charge in [-0.15, -0.1) is 0 Å². The molecule has 0 aliphatic carbocycles. The molecule has 0 fully saturated rings. The third-order valence-electron chi connectivity index (χ3n) is 4.75. The Kier molecular flexibility index (Phi) is 5.51. The number of Topliss-reactive ketones (excluding diaryl/α,β-unsaturated/α-hetero) is 1. The van der Waals surface area contributed by atoms with Gasteiger partial charge < -0.3 is 9.64 Å². The Morgan fingerprint density at radius 2 is 1.71 bits per heavy atom. The Morgan fingerprint density at radius 1 is 1.00 bits per heavy atom. The number of anilines is 2. The molecule has 0 aromatic heterocycles. The number of methoxy groups -OCH3 is 1. The Balaban J connectivity index is 1.93. The van der Waals surface area contributed by atoms with Crippen molar-refractivity contribution < 1.29 is 22.3 Å². The second kappa shape index (κ2) is 8.00. The summed E-state index contributed by atoms with van der Waals surface area (Å²) in [7, 11) is -2.75. The molecule has 0 saturated carbocycles. The summed E-state index contributed by atoms with van der Waals surface area (Å²) in [6.45, 7) is 0. The maximum absolute atomic E-state index is 14.0. The molecule has 0 spiro atoms. The highest BCUT2D eigenvalue weighted by Crippen LogP contribution is 2.42. The summed E-state index contributed by atoms with van der Waals surface area (Å²) in [5, 5.41) is 0.678. The first-order valence-corrected chi connectivity index (χ1v) is 11.2. The Morgan fingerprint density at radius 3 is 2.35 bits per heavy atom. The summed E-state index contributed by atoms with van der Waals surface area (Å²) in [6, 6.07) is 13.9. The number of sulfone groups is 1. The number of halogens is 3. The van der Waals surface area contributed by atoms with Crippen LogP contribution in [0.4, 0.5) is 15.8 Å². The number of carbonyl (C=O) groups excluding carboxylic acids is 1. The zero-order valence-corrected chi connectivity index (χ0v) is 18.3. The van der Waals surface area contributed by atoms with Crippen molar-refractivity contribution in [2.45, 2.75) is 4.90 Å². The van der Waals surface area contributed by atoms with Crippen LogP contribution in [0.1, 0.15) is 10.4 Å². The van der Waals surface area contributed by atoms with E-state index in [0.717, 1.165) is 18.2 Å². The van der Waals surface area contributed by atoms with E-state index in [1.165, 1.54) is 48.5 Å². The van der Waals surface area contributed by atoms with Gasteiger partial charge in [-0.2, -0.15) is 0 Å². The van der Waals surface area contributed by atoms with Crippen LogP contribution < -0.4 is 9.64 Å². The van der Waals surface area contributed by atoms with Crippen molar-refractivity contribution >= 4 is 50.2 Å². The van der Waals surface area contributed by atoms with Crippen molar-refractivity contribution in [2.75, 3.05) is 12.0 Å². The average molecular weight is 478 g/mol. The molecule has 1 aliphatic heterocycles. The summed E-state index contributed by atoms with van der Waals surface area (Å²) in [4.78, 5) is 13.9. The van der Waals surface area contributed by atoms with Crippen LogP contribution in [0.25, 0.3) is 0 Å². The molecule has 158 valence electrons. The zero-order chi connectivity index (χ0) is 22.3. The SMILES string of the molecule is COc1ccc(N2C=C(C(=O)c3ccc(Cl)cc3)S(=O)(=O)c3ccc(F)cc32)cc1Cl. The molecule has 5 nitrogen and oxygen atoms in total. The second-order valence-corrected chi connectivity index (χ2v) is 9.36. The Labute approximate surface area is 188 Å². The fourth-order valence-corrected chi connectivity index (χ4v) is 5.12. The first-order valence-electron chi connectivity index (χ1n) is 8.92. The van der Waals surface area contributed by atoms with Crippen LogP contribution in [0.15, 0.2) is 76.7 Å². The van der Waals surface area contributed by atoms with E-state index in [0.29, 0.717) is 16.5 Å². The molecule has 0 N–H and O–H groups in total. The van der Waals surface area contributed by atoms with Gasteiger partial charge in [0.05, 0.1) is 22.7 Å². The monoisotopic (exact) mass is 477 g/mol. The number of ether oxygens (including phenoxy) is 1. The van der Waals surface area contributed by atoms with E-state index in [1.54, 1.807) is 12.1 Å². The van der Waals surface area contributed by atoms with Crippen molar-refractivity contribution in [1.29, 1.82) is 0 Å². The molecule has 0 radical (unpaired) electrons. The lowest BCUT2D eigenvalue weighted by Gasteiger charge is -2.29. The lowest BCUT2D eigenvalue weighted by atomic mass is 10.1. The maximum Gasteiger partial charge on any atom is 0.214 e. The highest BCUT2D eigenvalue weighted by atomic mass is 35.5. The smallest absolute Gasteiger partial charge is 0.214 e. The highest BCUT2D eigenvalue weighted by molar-refractivity contribution is 7.96. The van der Waals surface area contributed by atoms with Gasteiger partial charge in [-0.05, 0) is 60.7 Å². The molecular formula is C22H14Cl2FNO4S. The number of ketones is 1. The van der Waals surface area contributed by atoms with Gasteiger partial charge in [-0.1, -0.05) is 23.2 Å². The minimum Gasteiger partial charge on any atom is -0.495 e. The van der Waals surface area contributed by atoms with Crippen LogP contribution in [0.2, 0.25) is 10.0 Å². The molecular weight excluding hydrogens is 464 g/mol. The molecule has 9 heteroatoms. The highest BCUT2D eigenvalue weighted by Gasteiger charge is 2.36. The maximum atomic E-state index is 14.0. The van der Waals surface area contributed by atoms with Crippen LogP contribution >= 0.6 is 23.2 Å². The molecule has 0 bridgehead atoms. The number of rotatable bonds is 4. The predicted molar refractivity (Wildman–Crippen MR) is 118 cm³/mol. The van der Waals surface area contributed by atoms with Gasteiger partial charge in [-0.25, -0.2) is 12.8 Å². The zero-order valence-electron chi connectivity index (χ0n) is 16.0. The van der Waals surface area contributed by atoms with E-state index in [4.69, 9.17) is 27.9 Å². The van der Waals surface area contributed by atoms with Crippen molar-refractivity contribution in [1.82, 2.24) is 0 Å². The molecule has 0 unspecified atom stereocenters.